The second kappa shape index (κ2) is 7.00. The summed E-state index contributed by atoms with van der Waals surface area (Å²) >= 11 is 5.95. The highest BCUT2D eigenvalue weighted by molar-refractivity contribution is 6.29. The van der Waals surface area contributed by atoms with Crippen molar-refractivity contribution in [2.24, 2.45) is 5.92 Å². The summed E-state index contributed by atoms with van der Waals surface area (Å²) < 4.78 is 0. The maximum atomic E-state index is 12.6. The molecular formula is C16H19ClN6O. The van der Waals surface area contributed by atoms with Crippen molar-refractivity contribution in [2.45, 2.75) is 19.8 Å². The Hall–Kier alpha value is -2.41. The van der Waals surface area contributed by atoms with Crippen LogP contribution in [0.25, 0.3) is 0 Å². The van der Waals surface area contributed by atoms with E-state index in [0.29, 0.717) is 23.3 Å². The van der Waals surface area contributed by atoms with Gasteiger partial charge in [0.15, 0.2) is 0 Å². The number of carbonyl (C=O) groups is 1. The lowest BCUT2D eigenvalue weighted by molar-refractivity contribution is -0.120. The summed E-state index contributed by atoms with van der Waals surface area (Å²) in [4.78, 5) is 26.9. The number of aryl methyl sites for hydroxylation is 1. The molecule has 1 atom stereocenters. The van der Waals surface area contributed by atoms with Crippen LogP contribution in [0.2, 0.25) is 5.15 Å². The molecule has 1 amide bonds. The summed E-state index contributed by atoms with van der Waals surface area (Å²) in [6.45, 7) is 3.28. The van der Waals surface area contributed by atoms with E-state index in [2.05, 4.69) is 20.3 Å². The maximum Gasteiger partial charge on any atom is 0.230 e. The van der Waals surface area contributed by atoms with Gasteiger partial charge in [-0.15, -0.1) is 0 Å². The predicted octanol–water partition coefficient (Wildman–Crippen LogP) is 2.27. The van der Waals surface area contributed by atoms with Crippen molar-refractivity contribution >= 4 is 35.1 Å². The van der Waals surface area contributed by atoms with Gasteiger partial charge in [0.25, 0.3) is 0 Å². The minimum atomic E-state index is -0.143. The van der Waals surface area contributed by atoms with Crippen LogP contribution in [0.5, 0.6) is 0 Å². The molecule has 24 heavy (non-hydrogen) atoms. The van der Waals surface area contributed by atoms with Crippen molar-refractivity contribution in [3.8, 4) is 0 Å². The third-order valence-corrected chi connectivity index (χ3v) is 4.26. The largest absolute Gasteiger partial charge is 0.368 e. The van der Waals surface area contributed by atoms with Crippen LogP contribution in [-0.4, -0.2) is 33.9 Å². The smallest absolute Gasteiger partial charge is 0.230 e. The molecule has 3 heterocycles. The Bertz CT molecular complexity index is 733. The molecule has 1 fully saturated rings. The van der Waals surface area contributed by atoms with E-state index in [1.54, 1.807) is 12.3 Å². The highest BCUT2D eigenvalue weighted by Crippen LogP contribution is 2.25. The van der Waals surface area contributed by atoms with Crippen LogP contribution in [0.15, 0.2) is 24.4 Å². The molecule has 0 radical (unpaired) electrons. The molecular weight excluding hydrogens is 328 g/mol. The van der Waals surface area contributed by atoms with Gasteiger partial charge in [-0.25, -0.2) is 9.97 Å². The highest BCUT2D eigenvalue weighted by Gasteiger charge is 2.27. The van der Waals surface area contributed by atoms with E-state index in [4.69, 9.17) is 17.3 Å². The quantitative estimate of drug-likeness (QED) is 0.827. The molecule has 0 spiro atoms. The van der Waals surface area contributed by atoms with Gasteiger partial charge in [0.2, 0.25) is 11.9 Å². The van der Waals surface area contributed by atoms with Crippen LogP contribution in [0.1, 0.15) is 18.4 Å². The van der Waals surface area contributed by atoms with Gasteiger partial charge in [-0.3, -0.25) is 4.79 Å². The van der Waals surface area contributed by atoms with E-state index in [0.717, 1.165) is 24.9 Å². The Morgan fingerprint density at radius 1 is 1.46 bits per heavy atom. The molecule has 2 aromatic rings. The van der Waals surface area contributed by atoms with Gasteiger partial charge < -0.3 is 16.0 Å². The first kappa shape index (κ1) is 16.4. The number of amides is 1. The van der Waals surface area contributed by atoms with Crippen molar-refractivity contribution in [1.82, 2.24) is 15.0 Å². The molecule has 0 aromatic carbocycles. The standard InChI is InChI=1S/C16H19ClN6O/c1-10-4-2-6-19-14(10)22-15(24)11-5-3-7-23(9-11)13-8-12(17)20-16(18)21-13/h2,4,6,8,11H,3,5,7,9H2,1H3,(H2,18,20,21)(H,19,22,24). The van der Waals surface area contributed by atoms with Gasteiger partial charge in [0.1, 0.15) is 16.8 Å². The zero-order valence-electron chi connectivity index (χ0n) is 13.4. The first-order chi connectivity index (χ1) is 11.5. The minimum absolute atomic E-state index is 0.0328. The molecule has 0 saturated carbocycles. The van der Waals surface area contributed by atoms with Gasteiger partial charge in [0.05, 0.1) is 5.92 Å². The zero-order valence-corrected chi connectivity index (χ0v) is 14.1. The van der Waals surface area contributed by atoms with Crippen LogP contribution < -0.4 is 16.0 Å². The van der Waals surface area contributed by atoms with E-state index >= 15 is 0 Å². The number of hydrogen-bond donors (Lipinski definition) is 2. The molecule has 8 heteroatoms. The molecule has 0 aliphatic carbocycles. The first-order valence-corrected chi connectivity index (χ1v) is 8.18. The molecule has 0 bridgehead atoms. The van der Waals surface area contributed by atoms with Crippen LogP contribution in [0, 0.1) is 12.8 Å². The van der Waals surface area contributed by atoms with Crippen molar-refractivity contribution in [2.75, 3.05) is 29.0 Å². The number of pyridine rings is 1. The lowest BCUT2D eigenvalue weighted by atomic mass is 9.97. The number of anilines is 3. The van der Waals surface area contributed by atoms with Crippen LogP contribution in [0.4, 0.5) is 17.6 Å². The zero-order chi connectivity index (χ0) is 17.1. The number of nitrogens with two attached hydrogens (primary N) is 1. The number of carbonyl (C=O) groups excluding carboxylic acids is 1. The lowest BCUT2D eigenvalue weighted by Crippen LogP contribution is -2.41. The lowest BCUT2D eigenvalue weighted by Gasteiger charge is -2.32. The molecule has 1 aliphatic rings. The normalized spacial score (nSPS) is 17.6. The third-order valence-electron chi connectivity index (χ3n) is 4.07. The highest BCUT2D eigenvalue weighted by atomic mass is 35.5. The maximum absolute atomic E-state index is 12.6. The van der Waals surface area contributed by atoms with Crippen LogP contribution in [-0.2, 0) is 4.79 Å². The molecule has 126 valence electrons. The Kier molecular flexibility index (Phi) is 4.80. The Labute approximate surface area is 145 Å². The Morgan fingerprint density at radius 3 is 3.04 bits per heavy atom. The number of nitrogens with zero attached hydrogens (tertiary/aromatic N) is 4. The Balaban J connectivity index is 1.71. The molecule has 1 unspecified atom stereocenters. The number of nitrogen functional groups attached to an aromatic ring is 1. The summed E-state index contributed by atoms with van der Waals surface area (Å²) in [5.74, 6) is 1.21. The van der Waals surface area contributed by atoms with Gasteiger partial charge in [-0.2, -0.15) is 4.98 Å². The van der Waals surface area contributed by atoms with Gasteiger partial charge in [-0.05, 0) is 31.4 Å². The monoisotopic (exact) mass is 346 g/mol. The number of hydrogen-bond acceptors (Lipinski definition) is 6. The van der Waals surface area contributed by atoms with Gasteiger partial charge >= 0.3 is 0 Å². The van der Waals surface area contributed by atoms with Crippen molar-refractivity contribution in [3.63, 3.8) is 0 Å². The van der Waals surface area contributed by atoms with Crippen LogP contribution >= 0.6 is 11.6 Å². The average Bonchev–Trinajstić information content (AvgIpc) is 2.56. The van der Waals surface area contributed by atoms with E-state index in [1.807, 2.05) is 24.0 Å². The third kappa shape index (κ3) is 3.73. The summed E-state index contributed by atoms with van der Waals surface area (Å²) in [5.41, 5.74) is 6.60. The second-order valence-corrected chi connectivity index (χ2v) is 6.24. The topological polar surface area (TPSA) is 97.0 Å². The number of nitrogens with one attached hydrogen (secondary N) is 1. The number of halogens is 1. The summed E-state index contributed by atoms with van der Waals surface area (Å²) in [6, 6.07) is 5.43. The fraction of sp³-hybridized carbons (Fsp3) is 0.375. The molecule has 3 rings (SSSR count). The van der Waals surface area contributed by atoms with E-state index in [9.17, 15) is 4.79 Å². The van der Waals surface area contributed by atoms with E-state index in [-0.39, 0.29) is 17.8 Å². The van der Waals surface area contributed by atoms with Crippen molar-refractivity contribution in [1.29, 1.82) is 0 Å². The number of aromatic nitrogens is 3. The van der Waals surface area contributed by atoms with Crippen LogP contribution in [0.3, 0.4) is 0 Å². The number of piperidine rings is 1. The minimum Gasteiger partial charge on any atom is -0.368 e. The van der Waals surface area contributed by atoms with Crippen molar-refractivity contribution in [3.05, 3.63) is 35.1 Å². The second-order valence-electron chi connectivity index (χ2n) is 5.85. The van der Waals surface area contributed by atoms with Crippen molar-refractivity contribution < 1.29 is 4.79 Å². The molecule has 7 nitrogen and oxygen atoms in total. The fourth-order valence-corrected chi connectivity index (χ4v) is 3.00. The predicted molar refractivity (Wildman–Crippen MR) is 94.0 cm³/mol. The summed E-state index contributed by atoms with van der Waals surface area (Å²) in [6.07, 6.45) is 3.38. The summed E-state index contributed by atoms with van der Waals surface area (Å²) in [5, 5.41) is 3.21. The Morgan fingerprint density at radius 2 is 2.29 bits per heavy atom. The fourth-order valence-electron chi connectivity index (χ4n) is 2.82. The molecule has 3 N–H and O–H groups in total. The SMILES string of the molecule is Cc1cccnc1NC(=O)C1CCCN(c2cc(Cl)nc(N)n2)C1. The van der Waals surface area contributed by atoms with E-state index in [1.165, 1.54) is 0 Å². The molecule has 1 saturated heterocycles. The van der Waals surface area contributed by atoms with Gasteiger partial charge in [0, 0.05) is 25.4 Å². The first-order valence-electron chi connectivity index (χ1n) is 7.80. The van der Waals surface area contributed by atoms with Gasteiger partial charge in [-0.1, -0.05) is 17.7 Å². The summed E-state index contributed by atoms with van der Waals surface area (Å²) in [7, 11) is 0. The van der Waals surface area contributed by atoms with E-state index < -0.39 is 0 Å². The molecule has 1 aliphatic heterocycles. The molecule has 2 aromatic heterocycles. The number of rotatable bonds is 3. The average molecular weight is 347 g/mol.